The molecule has 0 aliphatic heterocycles. The van der Waals surface area contributed by atoms with Crippen LogP contribution < -0.4 is 5.32 Å². The maximum absolute atomic E-state index is 12.6. The molecule has 1 aromatic heterocycles. The molecule has 0 unspecified atom stereocenters. The number of anilines is 1. The van der Waals surface area contributed by atoms with Crippen LogP contribution in [-0.2, 0) is 0 Å². The van der Waals surface area contributed by atoms with E-state index >= 15 is 0 Å². The van der Waals surface area contributed by atoms with E-state index in [-0.39, 0.29) is 15.6 Å². The van der Waals surface area contributed by atoms with Crippen LogP contribution >= 0.6 is 23.2 Å². The summed E-state index contributed by atoms with van der Waals surface area (Å²) < 4.78 is 0. The molecule has 27 heavy (non-hydrogen) atoms. The average Bonchev–Trinajstić information content (AvgIpc) is 2.59. The van der Waals surface area contributed by atoms with Crippen molar-refractivity contribution in [2.75, 3.05) is 5.32 Å². The van der Waals surface area contributed by atoms with Crippen LogP contribution in [0, 0.1) is 11.8 Å². The van der Waals surface area contributed by atoms with Crippen LogP contribution in [0.2, 0.25) is 10.0 Å². The lowest BCUT2D eigenvalue weighted by Crippen LogP contribution is -2.14. The maximum atomic E-state index is 12.6. The Morgan fingerprint density at radius 1 is 1.15 bits per heavy atom. The number of aliphatic hydroxyl groups is 1. The van der Waals surface area contributed by atoms with Crippen LogP contribution in [0.1, 0.15) is 29.8 Å². The Kier molecular flexibility index (Phi) is 5.38. The average molecular weight is 399 g/mol. The summed E-state index contributed by atoms with van der Waals surface area (Å²) in [5.41, 5.74) is 0.949. The van der Waals surface area contributed by atoms with E-state index in [0.717, 1.165) is 5.39 Å². The fourth-order valence-corrected chi connectivity index (χ4v) is 3.02. The van der Waals surface area contributed by atoms with Crippen molar-refractivity contribution in [1.29, 1.82) is 0 Å². The lowest BCUT2D eigenvalue weighted by Gasteiger charge is -2.10. The molecule has 3 aromatic rings. The third-order valence-corrected chi connectivity index (χ3v) is 4.29. The van der Waals surface area contributed by atoms with Crippen molar-refractivity contribution in [1.82, 2.24) is 4.98 Å². The number of para-hydroxylation sites is 1. The number of halogens is 2. The molecule has 1 amide bonds. The molecule has 4 nitrogen and oxygen atoms in total. The van der Waals surface area contributed by atoms with Gasteiger partial charge in [-0.3, -0.25) is 9.78 Å². The predicted octanol–water partition coefficient (Wildman–Crippen LogP) is 4.92. The van der Waals surface area contributed by atoms with Crippen molar-refractivity contribution < 1.29 is 9.90 Å². The van der Waals surface area contributed by atoms with Gasteiger partial charge in [0, 0.05) is 17.1 Å². The second-order valence-electron chi connectivity index (χ2n) is 6.46. The van der Waals surface area contributed by atoms with Gasteiger partial charge in [0.15, 0.2) is 0 Å². The molecule has 136 valence electrons. The molecule has 0 aliphatic carbocycles. The number of carbonyl (C=O) groups is 1. The molecule has 0 bridgehead atoms. The highest BCUT2D eigenvalue weighted by molar-refractivity contribution is 6.40. The Hall–Kier alpha value is -2.58. The highest BCUT2D eigenvalue weighted by Crippen LogP contribution is 2.27. The van der Waals surface area contributed by atoms with E-state index in [1.54, 1.807) is 50.4 Å². The number of nitrogens with one attached hydrogen (secondary N) is 1. The van der Waals surface area contributed by atoms with Gasteiger partial charge in [-0.05, 0) is 38.1 Å². The van der Waals surface area contributed by atoms with Crippen LogP contribution in [0.25, 0.3) is 10.9 Å². The summed E-state index contributed by atoms with van der Waals surface area (Å²) in [4.78, 5) is 17.0. The molecule has 0 saturated heterocycles. The minimum atomic E-state index is -1.08. The Labute approximate surface area is 167 Å². The van der Waals surface area contributed by atoms with Gasteiger partial charge in [-0.1, -0.05) is 53.2 Å². The lowest BCUT2D eigenvalue weighted by atomic mass is 10.1. The van der Waals surface area contributed by atoms with Crippen molar-refractivity contribution in [2.45, 2.75) is 19.4 Å². The number of fused-ring (bicyclic) bond motifs is 1. The topological polar surface area (TPSA) is 62.2 Å². The van der Waals surface area contributed by atoms with Gasteiger partial charge in [-0.25, -0.2) is 0 Å². The first-order valence-corrected chi connectivity index (χ1v) is 8.90. The third kappa shape index (κ3) is 4.58. The highest BCUT2D eigenvalue weighted by Gasteiger charge is 2.16. The Bertz CT molecular complexity index is 1070. The van der Waals surface area contributed by atoms with Crippen molar-refractivity contribution in [3.05, 3.63) is 69.8 Å². The first kappa shape index (κ1) is 19.2. The number of rotatable bonds is 2. The van der Waals surface area contributed by atoms with Crippen molar-refractivity contribution in [2.24, 2.45) is 0 Å². The Balaban J connectivity index is 1.96. The van der Waals surface area contributed by atoms with Gasteiger partial charge in [0.25, 0.3) is 5.91 Å². The third-order valence-electron chi connectivity index (χ3n) is 3.66. The van der Waals surface area contributed by atoms with Crippen LogP contribution in [-0.4, -0.2) is 21.6 Å². The molecule has 2 N–H and O–H groups in total. The van der Waals surface area contributed by atoms with Crippen molar-refractivity contribution >= 4 is 45.7 Å². The van der Waals surface area contributed by atoms with Crippen LogP contribution in [0.15, 0.2) is 48.7 Å². The second kappa shape index (κ2) is 7.58. The Morgan fingerprint density at radius 2 is 1.81 bits per heavy atom. The number of hydrogen-bond acceptors (Lipinski definition) is 3. The van der Waals surface area contributed by atoms with Crippen LogP contribution in [0.4, 0.5) is 5.69 Å². The van der Waals surface area contributed by atoms with E-state index in [1.165, 1.54) is 0 Å². The first-order chi connectivity index (χ1) is 12.7. The molecule has 3 rings (SSSR count). The minimum Gasteiger partial charge on any atom is -0.378 e. The van der Waals surface area contributed by atoms with Crippen molar-refractivity contribution in [3.8, 4) is 11.8 Å². The van der Waals surface area contributed by atoms with E-state index in [9.17, 15) is 9.90 Å². The molecule has 0 radical (unpaired) electrons. The van der Waals surface area contributed by atoms with Gasteiger partial charge >= 0.3 is 0 Å². The van der Waals surface area contributed by atoms with Gasteiger partial charge in [0.1, 0.15) is 5.60 Å². The Morgan fingerprint density at radius 3 is 2.48 bits per heavy atom. The smallest absolute Gasteiger partial charge is 0.258 e. The number of benzene rings is 2. The fraction of sp³-hybridized carbons (Fsp3) is 0.143. The summed E-state index contributed by atoms with van der Waals surface area (Å²) in [6, 6.07) is 12.2. The molecule has 0 atom stereocenters. The van der Waals surface area contributed by atoms with Gasteiger partial charge in [-0.2, -0.15) is 0 Å². The van der Waals surface area contributed by atoms with Gasteiger partial charge in [-0.15, -0.1) is 0 Å². The predicted molar refractivity (Wildman–Crippen MR) is 109 cm³/mol. The van der Waals surface area contributed by atoms with E-state index in [0.29, 0.717) is 16.8 Å². The van der Waals surface area contributed by atoms with Crippen molar-refractivity contribution in [3.63, 3.8) is 0 Å². The van der Waals surface area contributed by atoms with E-state index in [1.807, 2.05) is 12.1 Å². The quantitative estimate of drug-likeness (QED) is 0.602. The number of pyridine rings is 1. The summed E-state index contributed by atoms with van der Waals surface area (Å²) in [5, 5.41) is 13.9. The zero-order valence-electron chi connectivity index (χ0n) is 14.7. The molecule has 0 aliphatic rings. The van der Waals surface area contributed by atoms with Gasteiger partial charge < -0.3 is 10.4 Å². The van der Waals surface area contributed by atoms with Crippen LogP contribution in [0.3, 0.4) is 0 Å². The summed E-state index contributed by atoms with van der Waals surface area (Å²) in [6.07, 6.45) is 1.60. The molecule has 6 heteroatoms. The minimum absolute atomic E-state index is 0.213. The summed E-state index contributed by atoms with van der Waals surface area (Å²) in [6.45, 7) is 3.23. The van der Waals surface area contributed by atoms with E-state index < -0.39 is 11.5 Å². The summed E-state index contributed by atoms with van der Waals surface area (Å²) in [7, 11) is 0. The number of nitrogens with zero attached hydrogens (tertiary/aromatic N) is 1. The number of amides is 1. The molecule has 0 spiro atoms. The molecule has 0 fully saturated rings. The largest absolute Gasteiger partial charge is 0.378 e. The monoisotopic (exact) mass is 398 g/mol. The summed E-state index contributed by atoms with van der Waals surface area (Å²) >= 11 is 12.2. The van der Waals surface area contributed by atoms with Gasteiger partial charge in [0.05, 0.1) is 26.8 Å². The SMILES string of the molecule is CC(C)(O)C#Cc1cnc2c(NC(=O)c3c(Cl)cccc3Cl)cccc2c1. The zero-order chi connectivity index (χ0) is 19.6. The molecule has 0 saturated carbocycles. The highest BCUT2D eigenvalue weighted by atomic mass is 35.5. The van der Waals surface area contributed by atoms with E-state index in [2.05, 4.69) is 22.1 Å². The molecule has 2 aromatic carbocycles. The molecular weight excluding hydrogens is 383 g/mol. The number of aromatic nitrogens is 1. The van der Waals surface area contributed by atoms with Gasteiger partial charge in [0.2, 0.25) is 0 Å². The van der Waals surface area contributed by atoms with E-state index in [4.69, 9.17) is 23.2 Å². The second-order valence-corrected chi connectivity index (χ2v) is 7.28. The number of carbonyl (C=O) groups excluding carboxylic acids is 1. The van der Waals surface area contributed by atoms with Crippen LogP contribution in [0.5, 0.6) is 0 Å². The fourth-order valence-electron chi connectivity index (χ4n) is 2.45. The maximum Gasteiger partial charge on any atom is 0.258 e. The molecule has 1 heterocycles. The first-order valence-electron chi connectivity index (χ1n) is 8.14. The number of hydrogen-bond donors (Lipinski definition) is 2. The normalized spacial score (nSPS) is 11.0. The molecular formula is C21H16Cl2N2O2. The lowest BCUT2D eigenvalue weighted by molar-refractivity contribution is 0.102. The summed E-state index contributed by atoms with van der Waals surface area (Å²) in [5.74, 6) is 5.23. The standard InChI is InChI=1S/C21H16Cl2N2O2/c1-21(2,27)10-9-13-11-14-5-3-8-17(19(14)24-12-13)25-20(26)18-15(22)6-4-7-16(18)23/h3-8,11-12,27H,1-2H3,(H,25,26). The zero-order valence-corrected chi connectivity index (χ0v) is 16.2.